The Morgan fingerprint density at radius 3 is 1.93 bits per heavy atom. The number of esters is 1. The molecule has 3 rings (SSSR count). The lowest BCUT2D eigenvalue weighted by molar-refractivity contribution is -0.135. The molecule has 152 valence electrons. The Morgan fingerprint density at radius 1 is 0.800 bits per heavy atom. The Bertz CT molecular complexity index is 1030. The quantitative estimate of drug-likeness (QED) is 0.455. The number of carboxylic acid groups (broad SMARTS) is 1. The van der Waals surface area contributed by atoms with Gasteiger partial charge in [-0.05, 0) is 29.8 Å². The van der Waals surface area contributed by atoms with E-state index < -0.39 is 11.9 Å². The van der Waals surface area contributed by atoms with Crippen LogP contribution in [0.5, 0.6) is 0 Å². The second-order valence-corrected chi connectivity index (χ2v) is 6.68. The molecule has 0 aliphatic rings. The number of hydrogen-bond donors (Lipinski definition) is 1. The standard InChI is InChI=1S/C24H21NO5/c1-30-24(29)20-11-13-21(14-12-20)25(16-22(26)27)15-17-7-9-19(10-8-17)23(28)18-5-3-2-4-6-18/h2-14H,15-16H2,1H3,(H,26,27). The number of carbonyl (C=O) groups is 3. The van der Waals surface area contributed by atoms with Crippen molar-refractivity contribution in [2.24, 2.45) is 0 Å². The Labute approximate surface area is 174 Å². The molecule has 30 heavy (non-hydrogen) atoms. The van der Waals surface area contributed by atoms with Crippen LogP contribution in [0.15, 0.2) is 78.9 Å². The van der Waals surface area contributed by atoms with Gasteiger partial charge in [0.1, 0.15) is 6.54 Å². The molecular formula is C24H21NO5. The van der Waals surface area contributed by atoms with Crippen LogP contribution >= 0.6 is 0 Å². The lowest BCUT2D eigenvalue weighted by atomic mass is 10.0. The molecule has 0 unspecified atom stereocenters. The van der Waals surface area contributed by atoms with Gasteiger partial charge in [-0.1, -0.05) is 54.6 Å². The highest BCUT2D eigenvalue weighted by molar-refractivity contribution is 6.08. The van der Waals surface area contributed by atoms with Gasteiger partial charge in [-0.15, -0.1) is 0 Å². The minimum atomic E-state index is -0.970. The fraction of sp³-hybridized carbons (Fsp3) is 0.125. The molecule has 0 spiro atoms. The van der Waals surface area contributed by atoms with Gasteiger partial charge in [0, 0.05) is 23.4 Å². The molecule has 0 aliphatic heterocycles. The number of ether oxygens (including phenoxy) is 1. The molecular weight excluding hydrogens is 382 g/mol. The van der Waals surface area contributed by atoms with Gasteiger partial charge in [-0.2, -0.15) is 0 Å². The third-order valence-electron chi connectivity index (χ3n) is 4.61. The van der Waals surface area contributed by atoms with Crippen LogP contribution < -0.4 is 4.90 Å². The van der Waals surface area contributed by atoms with Gasteiger partial charge in [0.05, 0.1) is 12.7 Å². The predicted molar refractivity (Wildman–Crippen MR) is 113 cm³/mol. The first-order valence-electron chi connectivity index (χ1n) is 9.31. The highest BCUT2D eigenvalue weighted by Crippen LogP contribution is 2.19. The molecule has 3 aromatic rings. The van der Waals surface area contributed by atoms with Crippen LogP contribution in [0.3, 0.4) is 0 Å². The topological polar surface area (TPSA) is 83.9 Å². The average molecular weight is 403 g/mol. The zero-order valence-electron chi connectivity index (χ0n) is 16.4. The van der Waals surface area contributed by atoms with Crippen molar-refractivity contribution in [3.63, 3.8) is 0 Å². The zero-order valence-corrected chi connectivity index (χ0v) is 16.4. The van der Waals surface area contributed by atoms with Crippen molar-refractivity contribution in [3.05, 3.63) is 101 Å². The van der Waals surface area contributed by atoms with Gasteiger partial charge in [0.25, 0.3) is 0 Å². The van der Waals surface area contributed by atoms with Gasteiger partial charge in [-0.25, -0.2) is 4.79 Å². The molecule has 3 aromatic carbocycles. The van der Waals surface area contributed by atoms with E-state index in [1.54, 1.807) is 53.4 Å². The number of aliphatic carboxylic acids is 1. The summed E-state index contributed by atoms with van der Waals surface area (Å²) in [6.45, 7) is 0.131. The molecule has 6 nitrogen and oxygen atoms in total. The summed E-state index contributed by atoms with van der Waals surface area (Å²) in [6, 6.07) is 22.7. The van der Waals surface area contributed by atoms with Crippen molar-refractivity contribution in [1.82, 2.24) is 0 Å². The number of carbonyl (C=O) groups excluding carboxylic acids is 2. The van der Waals surface area contributed by atoms with Crippen LogP contribution in [-0.4, -0.2) is 36.5 Å². The molecule has 0 fully saturated rings. The van der Waals surface area contributed by atoms with Crippen molar-refractivity contribution >= 4 is 23.4 Å². The molecule has 0 aliphatic carbocycles. The van der Waals surface area contributed by atoms with Crippen LogP contribution in [0.2, 0.25) is 0 Å². The van der Waals surface area contributed by atoms with E-state index in [2.05, 4.69) is 4.74 Å². The van der Waals surface area contributed by atoms with Gasteiger partial charge in [0.15, 0.2) is 5.78 Å². The molecule has 0 amide bonds. The second-order valence-electron chi connectivity index (χ2n) is 6.68. The summed E-state index contributed by atoms with van der Waals surface area (Å²) in [6.07, 6.45) is 0. The SMILES string of the molecule is COC(=O)c1ccc(N(CC(=O)O)Cc2ccc(C(=O)c3ccccc3)cc2)cc1. The highest BCUT2D eigenvalue weighted by Gasteiger charge is 2.14. The van der Waals surface area contributed by atoms with Crippen LogP contribution in [-0.2, 0) is 16.1 Å². The number of benzene rings is 3. The van der Waals surface area contributed by atoms with Gasteiger partial charge < -0.3 is 14.7 Å². The number of hydrogen-bond acceptors (Lipinski definition) is 5. The summed E-state index contributed by atoms with van der Waals surface area (Å²) < 4.78 is 4.69. The van der Waals surface area contributed by atoms with E-state index in [9.17, 15) is 19.5 Å². The Kier molecular flexibility index (Phi) is 6.60. The first-order chi connectivity index (χ1) is 14.5. The number of methoxy groups -OCH3 is 1. The molecule has 0 aromatic heterocycles. The van der Waals surface area contributed by atoms with Gasteiger partial charge >= 0.3 is 11.9 Å². The summed E-state index contributed by atoms with van der Waals surface area (Å²) in [4.78, 5) is 37.1. The van der Waals surface area contributed by atoms with Crippen molar-refractivity contribution in [2.45, 2.75) is 6.54 Å². The van der Waals surface area contributed by atoms with E-state index in [1.165, 1.54) is 7.11 Å². The van der Waals surface area contributed by atoms with Gasteiger partial charge in [0.2, 0.25) is 0 Å². The molecule has 0 bridgehead atoms. The fourth-order valence-electron chi connectivity index (χ4n) is 3.07. The maximum atomic E-state index is 12.5. The summed E-state index contributed by atoms with van der Waals surface area (Å²) in [5.41, 5.74) is 3.09. The van der Waals surface area contributed by atoms with Crippen molar-refractivity contribution in [2.75, 3.05) is 18.6 Å². The summed E-state index contributed by atoms with van der Waals surface area (Å²) in [5, 5.41) is 9.29. The number of carboxylic acids is 1. The van der Waals surface area contributed by atoms with Gasteiger partial charge in [-0.3, -0.25) is 9.59 Å². The van der Waals surface area contributed by atoms with E-state index >= 15 is 0 Å². The van der Waals surface area contributed by atoms with Crippen molar-refractivity contribution in [1.29, 1.82) is 0 Å². The van der Waals surface area contributed by atoms with Crippen LogP contribution in [0.1, 0.15) is 31.8 Å². The molecule has 0 saturated carbocycles. The lowest BCUT2D eigenvalue weighted by Crippen LogP contribution is -2.29. The Hall–Kier alpha value is -3.93. The summed E-state index contributed by atoms with van der Waals surface area (Å²) in [5.74, 6) is -1.49. The van der Waals surface area contributed by atoms with E-state index in [0.29, 0.717) is 28.9 Å². The smallest absolute Gasteiger partial charge is 0.337 e. The van der Waals surface area contributed by atoms with Crippen LogP contribution in [0.25, 0.3) is 0 Å². The number of ketones is 1. The first-order valence-corrected chi connectivity index (χ1v) is 9.31. The monoisotopic (exact) mass is 403 g/mol. The zero-order chi connectivity index (χ0) is 21.5. The van der Waals surface area contributed by atoms with E-state index in [-0.39, 0.29) is 12.3 Å². The predicted octanol–water partition coefficient (Wildman–Crippen LogP) is 3.80. The normalized spacial score (nSPS) is 10.3. The first kappa shape index (κ1) is 20.8. The third-order valence-corrected chi connectivity index (χ3v) is 4.61. The van der Waals surface area contributed by atoms with E-state index in [4.69, 9.17) is 0 Å². The minimum absolute atomic E-state index is 0.0667. The number of nitrogens with zero attached hydrogens (tertiary/aromatic N) is 1. The fourth-order valence-corrected chi connectivity index (χ4v) is 3.07. The van der Waals surface area contributed by atoms with Crippen LogP contribution in [0.4, 0.5) is 5.69 Å². The average Bonchev–Trinajstić information content (AvgIpc) is 2.78. The number of anilines is 1. The summed E-state index contributed by atoms with van der Waals surface area (Å²) in [7, 11) is 1.30. The molecule has 0 heterocycles. The van der Waals surface area contributed by atoms with E-state index in [0.717, 1.165) is 5.56 Å². The van der Waals surface area contributed by atoms with Crippen molar-refractivity contribution < 1.29 is 24.2 Å². The van der Waals surface area contributed by atoms with E-state index in [1.807, 2.05) is 30.3 Å². The molecule has 1 N–H and O–H groups in total. The molecule has 0 atom stereocenters. The lowest BCUT2D eigenvalue weighted by Gasteiger charge is -2.23. The van der Waals surface area contributed by atoms with Crippen LogP contribution in [0, 0.1) is 0 Å². The molecule has 0 radical (unpaired) electrons. The molecule has 0 saturated heterocycles. The number of rotatable bonds is 8. The highest BCUT2D eigenvalue weighted by atomic mass is 16.5. The molecule has 6 heteroatoms. The second kappa shape index (κ2) is 9.52. The Morgan fingerprint density at radius 2 is 1.37 bits per heavy atom. The largest absolute Gasteiger partial charge is 0.480 e. The van der Waals surface area contributed by atoms with Crippen molar-refractivity contribution in [3.8, 4) is 0 Å². The Balaban J connectivity index is 1.77. The summed E-state index contributed by atoms with van der Waals surface area (Å²) >= 11 is 0. The maximum Gasteiger partial charge on any atom is 0.337 e. The minimum Gasteiger partial charge on any atom is -0.480 e. The maximum absolute atomic E-state index is 12.5. The third kappa shape index (κ3) is 5.11.